The summed E-state index contributed by atoms with van der Waals surface area (Å²) in [5.74, 6) is 1.44. The van der Waals surface area contributed by atoms with Gasteiger partial charge in [-0.05, 0) is 29.8 Å². The van der Waals surface area contributed by atoms with Crippen molar-refractivity contribution in [2.45, 2.75) is 0 Å². The number of benzene rings is 2. The Balaban J connectivity index is 2.30. The highest BCUT2D eigenvalue weighted by atomic mass is 16.5. The Morgan fingerprint density at radius 2 is 1.72 bits per heavy atom. The van der Waals surface area contributed by atoms with Crippen molar-refractivity contribution in [1.29, 1.82) is 0 Å². The van der Waals surface area contributed by atoms with E-state index >= 15 is 0 Å². The van der Waals surface area contributed by atoms with E-state index in [1.54, 1.807) is 20.3 Å². The Bertz CT molecular complexity index is 644. The van der Waals surface area contributed by atoms with Crippen LogP contribution in [0, 0.1) is 0 Å². The molecule has 0 heterocycles. The molecule has 2 aromatic carbocycles. The predicted octanol–water partition coefficient (Wildman–Crippen LogP) is 2.92. The minimum absolute atomic E-state index is 0.0257. The lowest BCUT2D eigenvalue weighted by Crippen LogP contribution is -1.95. The molecule has 0 saturated carbocycles. The lowest BCUT2D eigenvalue weighted by Gasteiger charge is -2.07. The van der Waals surface area contributed by atoms with Crippen molar-refractivity contribution >= 4 is 5.78 Å². The van der Waals surface area contributed by atoms with Crippen LogP contribution < -0.4 is 9.47 Å². The minimum Gasteiger partial charge on any atom is -0.497 e. The molecule has 3 nitrogen and oxygen atoms in total. The first-order valence-corrected chi connectivity index (χ1v) is 5.66. The number of rotatable bonds is 2. The van der Waals surface area contributed by atoms with Gasteiger partial charge in [0.25, 0.3) is 0 Å². The number of fused-ring (bicyclic) bond motifs is 3. The first-order chi connectivity index (χ1) is 8.76. The summed E-state index contributed by atoms with van der Waals surface area (Å²) in [6.07, 6.45) is 0. The Morgan fingerprint density at radius 3 is 2.44 bits per heavy atom. The van der Waals surface area contributed by atoms with Crippen molar-refractivity contribution in [3.8, 4) is 22.6 Å². The maximum absolute atomic E-state index is 12.3. The smallest absolute Gasteiger partial charge is 0.194 e. The summed E-state index contributed by atoms with van der Waals surface area (Å²) in [6.45, 7) is 0. The largest absolute Gasteiger partial charge is 0.497 e. The minimum atomic E-state index is 0.0257. The molecular formula is C15H12O3. The number of methoxy groups -OCH3 is 2. The Morgan fingerprint density at radius 1 is 0.889 bits per heavy atom. The van der Waals surface area contributed by atoms with Crippen LogP contribution in [0.3, 0.4) is 0 Å². The maximum atomic E-state index is 12.3. The molecule has 2 aromatic rings. The fourth-order valence-electron chi connectivity index (χ4n) is 2.37. The second kappa shape index (κ2) is 3.88. The van der Waals surface area contributed by atoms with Gasteiger partial charge in [0.05, 0.1) is 14.2 Å². The van der Waals surface area contributed by atoms with E-state index in [2.05, 4.69) is 0 Å². The van der Waals surface area contributed by atoms with Gasteiger partial charge in [0, 0.05) is 16.7 Å². The average Bonchev–Trinajstić information content (AvgIpc) is 2.72. The van der Waals surface area contributed by atoms with Gasteiger partial charge in [0.15, 0.2) is 5.78 Å². The third kappa shape index (κ3) is 1.34. The summed E-state index contributed by atoms with van der Waals surface area (Å²) >= 11 is 0. The Hall–Kier alpha value is -2.29. The van der Waals surface area contributed by atoms with E-state index in [9.17, 15) is 4.79 Å². The fourth-order valence-corrected chi connectivity index (χ4v) is 2.37. The lowest BCUT2D eigenvalue weighted by molar-refractivity contribution is 0.104. The molecule has 3 rings (SSSR count). The third-order valence-corrected chi connectivity index (χ3v) is 3.23. The normalized spacial score (nSPS) is 12.0. The van der Waals surface area contributed by atoms with Crippen molar-refractivity contribution < 1.29 is 14.3 Å². The van der Waals surface area contributed by atoms with E-state index in [1.165, 1.54) is 0 Å². The fraction of sp³-hybridized carbons (Fsp3) is 0.133. The molecular weight excluding hydrogens is 228 g/mol. The molecule has 0 radical (unpaired) electrons. The van der Waals surface area contributed by atoms with Gasteiger partial charge in [0.1, 0.15) is 11.5 Å². The van der Waals surface area contributed by atoms with Crippen LogP contribution in [0.2, 0.25) is 0 Å². The first-order valence-electron chi connectivity index (χ1n) is 5.66. The topological polar surface area (TPSA) is 35.5 Å². The second-order valence-electron chi connectivity index (χ2n) is 4.12. The summed E-state index contributed by atoms with van der Waals surface area (Å²) in [7, 11) is 3.20. The van der Waals surface area contributed by atoms with Crippen LogP contribution in [0.4, 0.5) is 0 Å². The van der Waals surface area contributed by atoms with Gasteiger partial charge in [-0.25, -0.2) is 0 Å². The highest BCUT2D eigenvalue weighted by molar-refractivity contribution is 6.22. The number of carbonyl (C=O) groups is 1. The third-order valence-electron chi connectivity index (χ3n) is 3.23. The van der Waals surface area contributed by atoms with Gasteiger partial charge in [0.2, 0.25) is 0 Å². The molecule has 0 saturated heterocycles. The van der Waals surface area contributed by atoms with E-state index in [0.29, 0.717) is 16.9 Å². The molecule has 0 aromatic heterocycles. The monoisotopic (exact) mass is 240 g/mol. The summed E-state index contributed by atoms with van der Waals surface area (Å²) < 4.78 is 10.5. The van der Waals surface area contributed by atoms with Crippen molar-refractivity contribution in [1.82, 2.24) is 0 Å². The molecule has 18 heavy (non-hydrogen) atoms. The molecule has 1 aliphatic rings. The average molecular weight is 240 g/mol. The van der Waals surface area contributed by atoms with Crippen LogP contribution in [0.5, 0.6) is 11.5 Å². The molecule has 0 bridgehead atoms. The van der Waals surface area contributed by atoms with Crippen molar-refractivity contribution in [2.24, 2.45) is 0 Å². The van der Waals surface area contributed by atoms with Gasteiger partial charge in [-0.2, -0.15) is 0 Å². The van der Waals surface area contributed by atoms with Crippen LogP contribution >= 0.6 is 0 Å². The molecule has 90 valence electrons. The Kier molecular flexibility index (Phi) is 2.33. The van der Waals surface area contributed by atoms with E-state index < -0.39 is 0 Å². The first kappa shape index (κ1) is 10.8. The molecule has 0 aliphatic heterocycles. The van der Waals surface area contributed by atoms with Crippen molar-refractivity contribution in [3.05, 3.63) is 47.5 Å². The SMILES string of the molecule is COc1ccc2c(c1)C(=O)c1cccc(OC)c1-2. The molecule has 0 spiro atoms. The van der Waals surface area contributed by atoms with Crippen molar-refractivity contribution in [3.63, 3.8) is 0 Å². The number of carbonyl (C=O) groups excluding carboxylic acids is 1. The maximum Gasteiger partial charge on any atom is 0.194 e. The van der Waals surface area contributed by atoms with Crippen LogP contribution in [0.1, 0.15) is 15.9 Å². The molecule has 0 atom stereocenters. The standard InChI is InChI=1S/C15H12O3/c1-17-9-6-7-10-12(8-9)15(16)11-4-3-5-13(18-2)14(10)11/h3-8H,1-2H3. The quantitative estimate of drug-likeness (QED) is 0.691. The van der Waals surface area contributed by atoms with Crippen LogP contribution in [0.25, 0.3) is 11.1 Å². The molecule has 0 N–H and O–H groups in total. The summed E-state index contributed by atoms with van der Waals surface area (Å²) in [4.78, 5) is 12.3. The second-order valence-corrected chi connectivity index (χ2v) is 4.12. The van der Waals surface area contributed by atoms with E-state index in [4.69, 9.17) is 9.47 Å². The predicted molar refractivity (Wildman–Crippen MR) is 68.4 cm³/mol. The summed E-state index contributed by atoms with van der Waals surface area (Å²) in [5, 5.41) is 0. The number of hydrogen-bond acceptors (Lipinski definition) is 3. The molecule has 0 unspecified atom stereocenters. The van der Waals surface area contributed by atoms with E-state index in [1.807, 2.05) is 30.3 Å². The summed E-state index contributed by atoms with van der Waals surface area (Å²) in [5.41, 5.74) is 3.15. The van der Waals surface area contributed by atoms with E-state index in [-0.39, 0.29) is 5.78 Å². The van der Waals surface area contributed by atoms with Crippen molar-refractivity contribution in [2.75, 3.05) is 14.2 Å². The Labute approximate surface area is 105 Å². The van der Waals surface area contributed by atoms with Gasteiger partial charge >= 0.3 is 0 Å². The number of ether oxygens (including phenoxy) is 2. The van der Waals surface area contributed by atoms with Gasteiger partial charge in [-0.3, -0.25) is 4.79 Å². The zero-order valence-electron chi connectivity index (χ0n) is 10.2. The van der Waals surface area contributed by atoms with E-state index in [0.717, 1.165) is 16.9 Å². The molecule has 0 fully saturated rings. The molecule has 3 heteroatoms. The van der Waals surface area contributed by atoms with Gasteiger partial charge in [-0.1, -0.05) is 12.1 Å². The highest BCUT2D eigenvalue weighted by Gasteiger charge is 2.29. The zero-order valence-corrected chi connectivity index (χ0v) is 10.2. The molecule has 1 aliphatic carbocycles. The van der Waals surface area contributed by atoms with Gasteiger partial charge in [-0.15, -0.1) is 0 Å². The van der Waals surface area contributed by atoms with Crippen LogP contribution in [-0.4, -0.2) is 20.0 Å². The number of hydrogen-bond donors (Lipinski definition) is 0. The zero-order chi connectivity index (χ0) is 12.7. The highest BCUT2D eigenvalue weighted by Crippen LogP contribution is 2.43. The lowest BCUT2D eigenvalue weighted by atomic mass is 10.0. The molecule has 0 amide bonds. The van der Waals surface area contributed by atoms with Crippen LogP contribution in [-0.2, 0) is 0 Å². The van der Waals surface area contributed by atoms with Gasteiger partial charge < -0.3 is 9.47 Å². The summed E-state index contributed by atoms with van der Waals surface area (Å²) in [6, 6.07) is 11.1. The van der Waals surface area contributed by atoms with Crippen LogP contribution in [0.15, 0.2) is 36.4 Å². The number of ketones is 1.